The fraction of sp³-hybridized carbons (Fsp3) is 0.214. The number of aromatic nitrogens is 1. The van der Waals surface area contributed by atoms with E-state index in [9.17, 15) is 0 Å². The summed E-state index contributed by atoms with van der Waals surface area (Å²) in [6, 6.07) is 47.4. The number of thiophene rings is 2. The second-order valence-corrected chi connectivity index (χ2v) is 22.4. The van der Waals surface area contributed by atoms with Crippen molar-refractivity contribution in [2.24, 2.45) is 0 Å². The third kappa shape index (κ3) is 4.16. The van der Waals surface area contributed by atoms with Gasteiger partial charge in [-0.25, -0.2) is 0 Å². The van der Waals surface area contributed by atoms with Crippen LogP contribution in [0.1, 0.15) is 82.2 Å². The molecule has 2 aliphatic carbocycles. The molecule has 0 saturated carbocycles. The Morgan fingerprint density at radius 2 is 1.20 bits per heavy atom. The minimum absolute atomic E-state index is 0.0168. The van der Waals surface area contributed by atoms with Gasteiger partial charge in [0.15, 0.2) is 0 Å². The average molecular weight is 821 g/mol. The Morgan fingerprint density at radius 1 is 0.541 bits per heavy atom. The first-order chi connectivity index (χ1) is 29.4. The van der Waals surface area contributed by atoms with Crippen molar-refractivity contribution in [1.82, 2.24) is 4.48 Å². The number of hydrogen-bond donors (Lipinski definition) is 0. The van der Waals surface area contributed by atoms with Gasteiger partial charge in [-0.3, -0.25) is 0 Å². The molecular weight excluding hydrogens is 776 g/mol. The monoisotopic (exact) mass is 820 g/mol. The zero-order valence-electron chi connectivity index (χ0n) is 35.7. The Hall–Kier alpha value is -5.62. The molecule has 0 radical (unpaired) electrons. The summed E-state index contributed by atoms with van der Waals surface area (Å²) in [4.78, 5) is 2.77. The van der Waals surface area contributed by atoms with E-state index in [4.69, 9.17) is 0 Å². The van der Waals surface area contributed by atoms with Crippen molar-refractivity contribution in [3.8, 4) is 22.3 Å². The van der Waals surface area contributed by atoms with Gasteiger partial charge in [-0.15, -0.1) is 22.7 Å². The molecule has 2 aliphatic heterocycles. The summed E-state index contributed by atoms with van der Waals surface area (Å²) in [6.07, 6.45) is 2.38. The molecule has 0 amide bonds. The molecule has 5 heterocycles. The van der Waals surface area contributed by atoms with Crippen LogP contribution < -0.4 is 15.8 Å². The number of hydrogen-bond acceptors (Lipinski definition) is 3. The highest BCUT2D eigenvalue weighted by Crippen LogP contribution is 2.59. The fourth-order valence-electron chi connectivity index (χ4n) is 12.7. The lowest BCUT2D eigenvalue weighted by Gasteiger charge is -2.45. The minimum atomic E-state index is -0.181. The molecule has 0 unspecified atom stereocenters. The topological polar surface area (TPSA) is 8.17 Å². The number of benzene rings is 7. The first-order valence-electron chi connectivity index (χ1n) is 22.1. The summed E-state index contributed by atoms with van der Waals surface area (Å²) in [7, 11) is 0. The third-order valence-electron chi connectivity index (χ3n) is 15.7. The summed E-state index contributed by atoms with van der Waals surface area (Å²) in [6.45, 7) is 17.2. The largest absolute Gasteiger partial charge is 0.374 e. The van der Waals surface area contributed by atoms with E-state index in [1.165, 1.54) is 142 Å². The smallest absolute Gasteiger partial charge is 0.333 e. The highest BCUT2D eigenvalue weighted by Gasteiger charge is 2.49. The Labute approximate surface area is 365 Å². The number of nitrogens with zero attached hydrogens (tertiary/aromatic N) is 2. The third-order valence-corrected chi connectivity index (χ3v) is 18.1. The summed E-state index contributed by atoms with van der Waals surface area (Å²) >= 11 is 3.93. The van der Waals surface area contributed by atoms with Crippen LogP contribution in [-0.2, 0) is 16.2 Å². The molecule has 14 rings (SSSR count). The lowest BCUT2D eigenvalue weighted by Crippen LogP contribution is -2.57. The minimum Gasteiger partial charge on any atom is -0.374 e. The van der Waals surface area contributed by atoms with E-state index >= 15 is 0 Å². The second-order valence-electron chi connectivity index (χ2n) is 20.3. The van der Waals surface area contributed by atoms with Crippen molar-refractivity contribution >= 4 is 109 Å². The van der Waals surface area contributed by atoms with E-state index in [0.29, 0.717) is 0 Å². The SMILES string of the molecule is Cc1cc2c(cc1N1c3cc4c(c5c3B(c3ccc6c(sc7ccccc76)c31)n1c3c-5cccc3c3sc5ccccc5c31)C(C)(C)c1ccccc1-4)C(C)(C)CCC2(C)C. The van der Waals surface area contributed by atoms with E-state index in [1.54, 1.807) is 0 Å². The molecule has 0 fully saturated rings. The molecule has 61 heavy (non-hydrogen) atoms. The summed E-state index contributed by atoms with van der Waals surface area (Å²) in [5, 5.41) is 5.41. The van der Waals surface area contributed by atoms with Gasteiger partial charge < -0.3 is 9.38 Å². The standard InChI is InChI=1S/C56H45BN2S2/c1-30-27-39-40(55(4,5)26-25-54(39,2)3)29-42(30)58-43-28-37-31-15-8-11-20-38(31)56(6,7)47(37)46-35-18-14-19-36-49(35)59(50-34-17-10-13-22-45(34)61-53(36)50)57(48(43)46)41-24-23-33-32-16-9-12-21-44(32)60-52(33)51(41)58/h8-24,27-29H,25-26H2,1-7H3. The van der Waals surface area contributed by atoms with Crippen LogP contribution in [0.15, 0.2) is 121 Å². The van der Waals surface area contributed by atoms with Gasteiger partial charge in [-0.2, -0.15) is 0 Å². The number of para-hydroxylation sites is 1. The van der Waals surface area contributed by atoms with Crippen LogP contribution in [0.5, 0.6) is 0 Å². The van der Waals surface area contributed by atoms with E-state index in [0.717, 1.165) is 0 Å². The number of fused-ring (bicyclic) bond motifs is 18. The number of aryl methyl sites for hydroxylation is 1. The molecule has 0 bridgehead atoms. The molecule has 0 atom stereocenters. The zero-order valence-corrected chi connectivity index (χ0v) is 37.4. The van der Waals surface area contributed by atoms with Crippen molar-refractivity contribution in [2.75, 3.05) is 4.90 Å². The van der Waals surface area contributed by atoms with Gasteiger partial charge >= 0.3 is 6.85 Å². The predicted molar refractivity (Wildman–Crippen MR) is 266 cm³/mol. The number of anilines is 3. The van der Waals surface area contributed by atoms with Gasteiger partial charge in [0, 0.05) is 58.8 Å². The maximum Gasteiger partial charge on any atom is 0.333 e. The first-order valence-corrected chi connectivity index (χ1v) is 23.7. The van der Waals surface area contributed by atoms with Crippen molar-refractivity contribution in [3.63, 3.8) is 0 Å². The molecule has 7 aromatic carbocycles. The van der Waals surface area contributed by atoms with E-state index in [1.807, 2.05) is 22.7 Å². The molecule has 3 aromatic heterocycles. The molecular formula is C56H45BN2S2. The van der Waals surface area contributed by atoms with Crippen molar-refractivity contribution in [1.29, 1.82) is 0 Å². The van der Waals surface area contributed by atoms with Gasteiger partial charge in [0.2, 0.25) is 0 Å². The summed E-state index contributed by atoms with van der Waals surface area (Å²) < 4.78 is 8.27. The average Bonchev–Trinajstić information content (AvgIpc) is 3.98. The van der Waals surface area contributed by atoms with Gasteiger partial charge in [0.05, 0.1) is 20.6 Å². The first kappa shape index (κ1) is 35.0. The van der Waals surface area contributed by atoms with Crippen LogP contribution in [0.4, 0.5) is 17.1 Å². The quantitative estimate of drug-likeness (QED) is 0.150. The van der Waals surface area contributed by atoms with Crippen LogP contribution in [0.25, 0.3) is 73.6 Å². The van der Waals surface area contributed by atoms with Gasteiger partial charge in [-0.05, 0) is 110 Å². The van der Waals surface area contributed by atoms with Crippen LogP contribution in [0, 0.1) is 6.92 Å². The molecule has 0 saturated heterocycles. The normalized spacial score (nSPS) is 17.3. The summed E-state index contributed by atoms with van der Waals surface area (Å²) in [5.41, 5.74) is 22.4. The van der Waals surface area contributed by atoms with Crippen molar-refractivity contribution in [2.45, 2.75) is 77.6 Å². The van der Waals surface area contributed by atoms with Crippen molar-refractivity contribution in [3.05, 3.63) is 149 Å². The van der Waals surface area contributed by atoms with E-state index in [2.05, 4.69) is 179 Å². The number of rotatable bonds is 1. The lowest BCUT2D eigenvalue weighted by atomic mass is 9.44. The van der Waals surface area contributed by atoms with E-state index < -0.39 is 0 Å². The van der Waals surface area contributed by atoms with Crippen molar-refractivity contribution < 1.29 is 0 Å². The predicted octanol–water partition coefficient (Wildman–Crippen LogP) is 14.8. The zero-order chi connectivity index (χ0) is 41.1. The van der Waals surface area contributed by atoms with Gasteiger partial charge in [-0.1, -0.05) is 139 Å². The van der Waals surface area contributed by atoms with Crippen LogP contribution in [-0.4, -0.2) is 11.3 Å². The van der Waals surface area contributed by atoms with Crippen LogP contribution >= 0.6 is 22.7 Å². The molecule has 2 nitrogen and oxygen atoms in total. The maximum atomic E-state index is 2.80. The highest BCUT2D eigenvalue weighted by atomic mass is 32.1. The Morgan fingerprint density at radius 3 is 2.00 bits per heavy atom. The molecule has 0 spiro atoms. The molecule has 10 aromatic rings. The van der Waals surface area contributed by atoms with Gasteiger partial charge in [0.1, 0.15) is 0 Å². The molecule has 5 heteroatoms. The molecule has 4 aliphatic rings. The van der Waals surface area contributed by atoms with E-state index in [-0.39, 0.29) is 23.1 Å². The summed E-state index contributed by atoms with van der Waals surface area (Å²) in [5.74, 6) is 0. The second kappa shape index (κ2) is 11.2. The highest BCUT2D eigenvalue weighted by molar-refractivity contribution is 7.27. The maximum absolute atomic E-state index is 2.80. The fourth-order valence-corrected chi connectivity index (χ4v) is 15.2. The molecule has 294 valence electrons. The van der Waals surface area contributed by atoms with Crippen LogP contribution in [0.2, 0.25) is 0 Å². The van der Waals surface area contributed by atoms with Gasteiger partial charge in [0.25, 0.3) is 0 Å². The Kier molecular flexibility index (Phi) is 6.46. The van der Waals surface area contributed by atoms with Crippen LogP contribution in [0.3, 0.4) is 0 Å². The Bertz CT molecular complexity index is 3660. The lowest BCUT2D eigenvalue weighted by molar-refractivity contribution is 0.332. The molecule has 0 N–H and O–H groups in total. The Balaban J connectivity index is 1.22.